The third-order valence-corrected chi connectivity index (χ3v) is 7.53. The summed E-state index contributed by atoms with van der Waals surface area (Å²) in [6, 6.07) is 0. The van der Waals surface area contributed by atoms with Gasteiger partial charge in [-0.25, -0.2) is 0 Å². The first-order valence-corrected chi connectivity index (χ1v) is 17.4. The molecule has 0 amide bonds. The molecule has 3 heteroatoms. The smallest absolute Gasteiger partial charge is 0.306 e. The number of carbonyl (C=O) groups excluding carboxylic acids is 1. The molecule has 0 bridgehead atoms. The fraction of sp³-hybridized carbons (Fsp3) is 0.811. The number of rotatable bonds is 30. The number of ether oxygens (including phenoxy) is 1. The van der Waals surface area contributed by atoms with Crippen molar-refractivity contribution in [3.05, 3.63) is 36.5 Å². The summed E-state index contributed by atoms with van der Waals surface area (Å²) in [6.07, 6.45) is 43.0. The minimum absolute atomic E-state index is 0.0188. The Morgan fingerprint density at radius 2 is 0.975 bits per heavy atom. The van der Waals surface area contributed by atoms with Gasteiger partial charge in [0.05, 0.1) is 0 Å². The second-order valence-electron chi connectivity index (χ2n) is 12.0. The van der Waals surface area contributed by atoms with Crippen molar-refractivity contribution in [2.45, 2.75) is 174 Å². The average Bonchev–Trinajstić information content (AvgIpc) is 2.93. The summed E-state index contributed by atoms with van der Waals surface area (Å²) in [5.74, 6) is -0.0188. The molecular formula is C37H69NO2. The molecule has 0 aliphatic rings. The largest absolute Gasteiger partial charge is 0.462 e. The lowest BCUT2D eigenvalue weighted by Gasteiger charge is -2.18. The number of allylic oxidation sites excluding steroid dienone is 6. The van der Waals surface area contributed by atoms with Gasteiger partial charge >= 0.3 is 5.97 Å². The van der Waals surface area contributed by atoms with Crippen LogP contribution in [0, 0.1) is 0 Å². The normalized spacial score (nSPS) is 12.9. The van der Waals surface area contributed by atoms with E-state index in [9.17, 15) is 4.79 Å². The van der Waals surface area contributed by atoms with E-state index >= 15 is 0 Å². The maximum absolute atomic E-state index is 12.4. The quantitative estimate of drug-likeness (QED) is 0.0498. The third kappa shape index (κ3) is 31.2. The van der Waals surface area contributed by atoms with Crippen molar-refractivity contribution < 1.29 is 9.53 Å². The van der Waals surface area contributed by atoms with Crippen LogP contribution >= 0.6 is 0 Å². The standard InChI is InChI=1S/C37H69NO2/c1-5-7-9-11-13-15-16-17-18-19-20-21-22-24-26-28-30-33-36(40-37(39)34-31-35-38(3)4)32-29-27-25-23-14-12-10-8-6-2/h13-15,23,26,28,36H,5-12,16-22,24-25,27,29-35H2,1-4H3/b15-13-,23-14+,28-26+. The predicted octanol–water partition coefficient (Wildman–Crippen LogP) is 11.5. The Hall–Kier alpha value is -1.35. The topological polar surface area (TPSA) is 29.5 Å². The van der Waals surface area contributed by atoms with Gasteiger partial charge in [0.25, 0.3) is 0 Å². The zero-order valence-corrected chi connectivity index (χ0v) is 27.5. The molecule has 0 rings (SSSR count). The fourth-order valence-corrected chi connectivity index (χ4v) is 4.93. The van der Waals surface area contributed by atoms with Crippen LogP contribution in [0.3, 0.4) is 0 Å². The zero-order valence-electron chi connectivity index (χ0n) is 27.5. The maximum Gasteiger partial charge on any atom is 0.306 e. The molecular weight excluding hydrogens is 490 g/mol. The molecule has 0 aromatic carbocycles. The van der Waals surface area contributed by atoms with Gasteiger partial charge in [0.1, 0.15) is 6.10 Å². The van der Waals surface area contributed by atoms with Crippen molar-refractivity contribution in [1.29, 1.82) is 0 Å². The lowest BCUT2D eigenvalue weighted by molar-refractivity contribution is -0.149. The molecule has 234 valence electrons. The number of hydrogen-bond acceptors (Lipinski definition) is 3. The van der Waals surface area contributed by atoms with Crippen molar-refractivity contribution in [2.24, 2.45) is 0 Å². The van der Waals surface area contributed by atoms with Gasteiger partial charge in [-0.05, 0) is 117 Å². The summed E-state index contributed by atoms with van der Waals surface area (Å²) >= 11 is 0. The monoisotopic (exact) mass is 560 g/mol. The summed E-state index contributed by atoms with van der Waals surface area (Å²) in [6.45, 7) is 5.46. The lowest BCUT2D eigenvalue weighted by Crippen LogP contribution is -2.20. The van der Waals surface area contributed by atoms with E-state index in [0.29, 0.717) is 6.42 Å². The van der Waals surface area contributed by atoms with E-state index in [2.05, 4.69) is 69.3 Å². The molecule has 0 spiro atoms. The minimum atomic E-state index is -0.0188. The summed E-state index contributed by atoms with van der Waals surface area (Å²) in [7, 11) is 4.10. The van der Waals surface area contributed by atoms with Crippen LogP contribution in [0.15, 0.2) is 36.5 Å². The van der Waals surface area contributed by atoms with E-state index in [-0.39, 0.29) is 12.1 Å². The van der Waals surface area contributed by atoms with E-state index in [1.54, 1.807) is 0 Å². The molecule has 0 heterocycles. The van der Waals surface area contributed by atoms with E-state index in [0.717, 1.165) is 45.1 Å². The highest BCUT2D eigenvalue weighted by Gasteiger charge is 2.13. The van der Waals surface area contributed by atoms with Gasteiger partial charge in [0.15, 0.2) is 0 Å². The first kappa shape index (κ1) is 38.6. The highest BCUT2D eigenvalue weighted by Crippen LogP contribution is 2.16. The Morgan fingerprint density at radius 1 is 0.550 bits per heavy atom. The van der Waals surface area contributed by atoms with Crippen molar-refractivity contribution in [3.63, 3.8) is 0 Å². The molecule has 0 aliphatic carbocycles. The van der Waals surface area contributed by atoms with Gasteiger partial charge in [-0.3, -0.25) is 4.79 Å². The average molecular weight is 560 g/mol. The van der Waals surface area contributed by atoms with E-state index in [1.807, 2.05) is 0 Å². The highest BCUT2D eigenvalue weighted by atomic mass is 16.5. The summed E-state index contributed by atoms with van der Waals surface area (Å²) in [4.78, 5) is 14.5. The van der Waals surface area contributed by atoms with Gasteiger partial charge in [0, 0.05) is 6.42 Å². The Labute approximate surface area is 251 Å². The Morgan fingerprint density at radius 3 is 1.45 bits per heavy atom. The number of carbonyl (C=O) groups is 1. The summed E-state index contributed by atoms with van der Waals surface area (Å²) in [5.41, 5.74) is 0. The van der Waals surface area contributed by atoms with Crippen LogP contribution in [0.2, 0.25) is 0 Å². The molecule has 0 fully saturated rings. The van der Waals surface area contributed by atoms with Crippen LogP contribution in [0.25, 0.3) is 0 Å². The molecule has 1 atom stereocenters. The first-order valence-electron chi connectivity index (χ1n) is 17.4. The number of esters is 1. The van der Waals surface area contributed by atoms with Gasteiger partial charge in [-0.15, -0.1) is 0 Å². The molecule has 0 aliphatic heterocycles. The maximum atomic E-state index is 12.4. The predicted molar refractivity (Wildman–Crippen MR) is 178 cm³/mol. The first-order chi connectivity index (χ1) is 19.6. The molecule has 0 saturated carbocycles. The number of nitrogens with zero attached hydrogens (tertiary/aromatic N) is 1. The van der Waals surface area contributed by atoms with E-state index in [4.69, 9.17) is 4.74 Å². The van der Waals surface area contributed by atoms with Crippen LogP contribution in [-0.2, 0) is 9.53 Å². The third-order valence-electron chi connectivity index (χ3n) is 7.53. The van der Waals surface area contributed by atoms with Crippen molar-refractivity contribution in [1.82, 2.24) is 4.90 Å². The Balaban J connectivity index is 4.02. The molecule has 0 aromatic rings. The molecule has 0 N–H and O–H groups in total. The van der Waals surface area contributed by atoms with Crippen LogP contribution in [0.4, 0.5) is 0 Å². The highest BCUT2D eigenvalue weighted by molar-refractivity contribution is 5.69. The van der Waals surface area contributed by atoms with Crippen LogP contribution in [0.1, 0.15) is 168 Å². The van der Waals surface area contributed by atoms with Crippen molar-refractivity contribution in [3.8, 4) is 0 Å². The molecule has 0 saturated heterocycles. The fourth-order valence-electron chi connectivity index (χ4n) is 4.93. The minimum Gasteiger partial charge on any atom is -0.462 e. The van der Waals surface area contributed by atoms with E-state index < -0.39 is 0 Å². The summed E-state index contributed by atoms with van der Waals surface area (Å²) < 4.78 is 5.92. The van der Waals surface area contributed by atoms with Crippen LogP contribution < -0.4 is 0 Å². The second-order valence-corrected chi connectivity index (χ2v) is 12.0. The molecule has 0 radical (unpaired) electrons. The Kier molecular flexibility index (Phi) is 31.1. The SMILES string of the molecule is CCCCC/C=C\CCCCCCCC/C=C/CCC(CCCC/C=C/CCCCC)OC(=O)CCCN(C)C. The molecule has 3 nitrogen and oxygen atoms in total. The molecule has 40 heavy (non-hydrogen) atoms. The zero-order chi connectivity index (χ0) is 29.4. The number of hydrogen-bond donors (Lipinski definition) is 0. The van der Waals surface area contributed by atoms with Crippen molar-refractivity contribution >= 4 is 5.97 Å². The van der Waals surface area contributed by atoms with Crippen LogP contribution in [0.5, 0.6) is 0 Å². The molecule has 1 unspecified atom stereocenters. The van der Waals surface area contributed by atoms with Gasteiger partial charge < -0.3 is 9.64 Å². The van der Waals surface area contributed by atoms with Gasteiger partial charge in [0.2, 0.25) is 0 Å². The van der Waals surface area contributed by atoms with Gasteiger partial charge in [-0.1, -0.05) is 102 Å². The molecule has 0 aromatic heterocycles. The van der Waals surface area contributed by atoms with E-state index in [1.165, 1.54) is 109 Å². The number of unbranched alkanes of at least 4 members (excludes halogenated alkanes) is 15. The Bertz CT molecular complexity index is 607. The lowest BCUT2D eigenvalue weighted by atomic mass is 10.0. The van der Waals surface area contributed by atoms with Crippen LogP contribution in [-0.4, -0.2) is 37.6 Å². The van der Waals surface area contributed by atoms with Crippen molar-refractivity contribution in [2.75, 3.05) is 20.6 Å². The summed E-state index contributed by atoms with van der Waals surface area (Å²) in [5, 5.41) is 0. The second kappa shape index (κ2) is 32.2. The van der Waals surface area contributed by atoms with Gasteiger partial charge in [-0.2, -0.15) is 0 Å².